The summed E-state index contributed by atoms with van der Waals surface area (Å²) in [6.07, 6.45) is 0. The van der Waals surface area contributed by atoms with Crippen LogP contribution in [0.5, 0.6) is 0 Å². The molecule has 28 heavy (non-hydrogen) atoms. The van der Waals surface area contributed by atoms with Gasteiger partial charge in [0.25, 0.3) is 0 Å². The first-order valence-electron chi connectivity index (χ1n) is 8.71. The Bertz CT molecular complexity index is 886. The molecule has 152 valence electrons. The summed E-state index contributed by atoms with van der Waals surface area (Å²) in [5.41, 5.74) is 1.71. The molecule has 2 aromatic carbocycles. The van der Waals surface area contributed by atoms with E-state index < -0.39 is 10.0 Å². The summed E-state index contributed by atoms with van der Waals surface area (Å²) in [4.78, 5) is 4.32. The van der Waals surface area contributed by atoms with Gasteiger partial charge in [-0.3, -0.25) is 4.99 Å². The zero-order chi connectivity index (χ0) is 20.4. The third kappa shape index (κ3) is 6.91. The quantitative estimate of drug-likeness (QED) is 0.333. The van der Waals surface area contributed by atoms with Gasteiger partial charge in [0.15, 0.2) is 5.96 Å². The van der Waals surface area contributed by atoms with Gasteiger partial charge in [-0.1, -0.05) is 24.3 Å². The number of hydrogen-bond donors (Lipinski definition) is 3. The lowest BCUT2D eigenvalue weighted by Crippen LogP contribution is -2.36. The molecule has 2 rings (SSSR count). The molecule has 0 aliphatic carbocycles. The maximum Gasteiger partial charge on any atom is 0.240 e. The number of halogens is 1. The molecule has 0 unspecified atom stereocenters. The lowest BCUT2D eigenvalue weighted by molar-refractivity contribution is 0.204. The molecule has 2 aromatic rings. The van der Waals surface area contributed by atoms with Crippen LogP contribution in [0, 0.1) is 5.82 Å². The molecule has 0 atom stereocenters. The highest BCUT2D eigenvalue weighted by Crippen LogP contribution is 2.11. The largest absolute Gasteiger partial charge is 0.383 e. The van der Waals surface area contributed by atoms with Gasteiger partial charge in [0.2, 0.25) is 10.0 Å². The Labute approximate surface area is 165 Å². The molecule has 9 heteroatoms. The van der Waals surface area contributed by atoms with Gasteiger partial charge in [0, 0.05) is 33.8 Å². The minimum absolute atomic E-state index is 0.192. The molecule has 0 radical (unpaired) electrons. The van der Waals surface area contributed by atoms with Crippen molar-refractivity contribution in [2.75, 3.05) is 27.3 Å². The molecule has 0 heterocycles. The molecular formula is C19H25FN4O3S. The molecule has 0 amide bonds. The van der Waals surface area contributed by atoms with Crippen molar-refractivity contribution in [1.82, 2.24) is 15.4 Å². The van der Waals surface area contributed by atoms with E-state index in [1.54, 1.807) is 37.4 Å². The number of aliphatic imine (C=N–C) groups is 1. The van der Waals surface area contributed by atoms with Crippen LogP contribution in [0.15, 0.2) is 58.4 Å². The zero-order valence-electron chi connectivity index (χ0n) is 15.9. The van der Waals surface area contributed by atoms with Crippen LogP contribution in [0.4, 0.5) is 4.39 Å². The van der Waals surface area contributed by atoms with Gasteiger partial charge in [-0.05, 0) is 35.4 Å². The molecule has 7 nitrogen and oxygen atoms in total. The van der Waals surface area contributed by atoms with E-state index in [-0.39, 0.29) is 17.3 Å². The maximum absolute atomic E-state index is 13.0. The Morgan fingerprint density at radius 2 is 1.75 bits per heavy atom. The van der Waals surface area contributed by atoms with E-state index in [2.05, 4.69) is 20.3 Å². The van der Waals surface area contributed by atoms with Gasteiger partial charge >= 0.3 is 0 Å². The van der Waals surface area contributed by atoms with E-state index in [1.807, 2.05) is 6.07 Å². The number of nitrogens with zero attached hydrogens (tertiary/aromatic N) is 1. The van der Waals surface area contributed by atoms with E-state index in [4.69, 9.17) is 4.74 Å². The van der Waals surface area contributed by atoms with Gasteiger partial charge in [-0.25, -0.2) is 17.5 Å². The smallest absolute Gasteiger partial charge is 0.240 e. The first kappa shape index (κ1) is 21.8. The van der Waals surface area contributed by atoms with Crippen LogP contribution >= 0.6 is 0 Å². The van der Waals surface area contributed by atoms with E-state index in [1.165, 1.54) is 19.2 Å². The maximum atomic E-state index is 13.0. The van der Waals surface area contributed by atoms with E-state index in [0.717, 1.165) is 11.1 Å². The van der Waals surface area contributed by atoms with Gasteiger partial charge in [0.05, 0.1) is 11.5 Å². The Kier molecular flexibility index (Phi) is 8.37. The van der Waals surface area contributed by atoms with Crippen molar-refractivity contribution in [3.63, 3.8) is 0 Å². The SMILES string of the molecule is CN=C(NCc1ccc(F)cc1)NCc1cccc(S(=O)(=O)NCCOC)c1. The second-order valence-corrected chi connectivity index (χ2v) is 7.71. The highest BCUT2D eigenvalue weighted by molar-refractivity contribution is 7.89. The van der Waals surface area contributed by atoms with Crippen LogP contribution in [0.1, 0.15) is 11.1 Å². The fourth-order valence-corrected chi connectivity index (χ4v) is 3.46. The standard InChI is InChI=1S/C19H25FN4O3S/c1-21-19(22-13-15-6-8-17(20)9-7-15)23-14-16-4-3-5-18(12-16)28(25,26)24-10-11-27-2/h3-9,12,24H,10-11,13-14H2,1-2H3,(H2,21,22,23). The van der Waals surface area contributed by atoms with Crippen molar-refractivity contribution >= 4 is 16.0 Å². The molecule has 0 fully saturated rings. The van der Waals surface area contributed by atoms with Gasteiger partial charge in [0.1, 0.15) is 5.82 Å². The number of hydrogen-bond acceptors (Lipinski definition) is 4. The fraction of sp³-hybridized carbons (Fsp3) is 0.316. The number of methoxy groups -OCH3 is 1. The van der Waals surface area contributed by atoms with Crippen molar-refractivity contribution in [3.8, 4) is 0 Å². The Morgan fingerprint density at radius 1 is 1.07 bits per heavy atom. The van der Waals surface area contributed by atoms with Crippen LogP contribution in [0.25, 0.3) is 0 Å². The summed E-state index contributed by atoms with van der Waals surface area (Å²) in [6, 6.07) is 12.9. The number of sulfonamides is 1. The number of ether oxygens (including phenoxy) is 1. The van der Waals surface area contributed by atoms with E-state index in [9.17, 15) is 12.8 Å². The van der Waals surface area contributed by atoms with Gasteiger partial charge < -0.3 is 15.4 Å². The first-order valence-corrected chi connectivity index (χ1v) is 10.2. The third-order valence-electron chi connectivity index (χ3n) is 3.86. The number of nitrogens with one attached hydrogen (secondary N) is 3. The second kappa shape index (κ2) is 10.7. The summed E-state index contributed by atoms with van der Waals surface area (Å²) in [6.45, 7) is 1.39. The number of benzene rings is 2. The van der Waals surface area contributed by atoms with Gasteiger partial charge in [-0.15, -0.1) is 0 Å². The Balaban J connectivity index is 1.92. The summed E-state index contributed by atoms with van der Waals surface area (Å²) >= 11 is 0. The fourth-order valence-electron chi connectivity index (χ4n) is 2.38. The topological polar surface area (TPSA) is 91.8 Å². The predicted molar refractivity (Wildman–Crippen MR) is 107 cm³/mol. The molecular weight excluding hydrogens is 383 g/mol. The van der Waals surface area contributed by atoms with Crippen LogP contribution in [-0.2, 0) is 27.8 Å². The number of rotatable bonds is 9. The molecule has 0 spiro atoms. The lowest BCUT2D eigenvalue weighted by Gasteiger charge is -2.13. The average molecular weight is 408 g/mol. The molecule has 0 bridgehead atoms. The van der Waals surface area contributed by atoms with Crippen LogP contribution in [-0.4, -0.2) is 41.7 Å². The van der Waals surface area contributed by atoms with Crippen LogP contribution < -0.4 is 15.4 Å². The normalized spacial score (nSPS) is 12.0. The third-order valence-corrected chi connectivity index (χ3v) is 5.32. The van der Waals surface area contributed by atoms with Gasteiger partial charge in [-0.2, -0.15) is 0 Å². The van der Waals surface area contributed by atoms with Crippen molar-refractivity contribution < 1.29 is 17.5 Å². The predicted octanol–water partition coefficient (Wildman–Crippen LogP) is 1.62. The summed E-state index contributed by atoms with van der Waals surface area (Å²) in [5, 5.41) is 6.25. The Hall–Kier alpha value is -2.49. The van der Waals surface area contributed by atoms with Crippen molar-refractivity contribution in [3.05, 3.63) is 65.5 Å². The van der Waals surface area contributed by atoms with E-state index in [0.29, 0.717) is 25.7 Å². The van der Waals surface area contributed by atoms with E-state index >= 15 is 0 Å². The van der Waals surface area contributed by atoms with Crippen LogP contribution in [0.3, 0.4) is 0 Å². The zero-order valence-corrected chi connectivity index (χ0v) is 16.7. The minimum Gasteiger partial charge on any atom is -0.383 e. The summed E-state index contributed by atoms with van der Waals surface area (Å²) in [5.74, 6) is 0.272. The van der Waals surface area contributed by atoms with Crippen molar-refractivity contribution in [1.29, 1.82) is 0 Å². The summed E-state index contributed by atoms with van der Waals surface area (Å²) in [7, 11) is -0.432. The molecule has 0 aliphatic heterocycles. The highest BCUT2D eigenvalue weighted by Gasteiger charge is 2.13. The minimum atomic E-state index is -3.58. The molecule has 0 aliphatic rings. The highest BCUT2D eigenvalue weighted by atomic mass is 32.2. The average Bonchev–Trinajstić information content (AvgIpc) is 2.70. The van der Waals surface area contributed by atoms with Crippen molar-refractivity contribution in [2.45, 2.75) is 18.0 Å². The Morgan fingerprint density at radius 3 is 2.39 bits per heavy atom. The molecule has 3 N–H and O–H groups in total. The molecule has 0 saturated carbocycles. The molecule has 0 saturated heterocycles. The van der Waals surface area contributed by atoms with Crippen LogP contribution in [0.2, 0.25) is 0 Å². The lowest BCUT2D eigenvalue weighted by atomic mass is 10.2. The first-order chi connectivity index (χ1) is 13.4. The molecule has 0 aromatic heterocycles. The summed E-state index contributed by atoms with van der Waals surface area (Å²) < 4.78 is 44.9. The number of guanidine groups is 1. The monoisotopic (exact) mass is 408 g/mol. The second-order valence-electron chi connectivity index (χ2n) is 5.94. The van der Waals surface area contributed by atoms with Crippen molar-refractivity contribution in [2.24, 2.45) is 4.99 Å².